The summed E-state index contributed by atoms with van der Waals surface area (Å²) in [6, 6.07) is 0. The van der Waals surface area contributed by atoms with Crippen molar-refractivity contribution in [1.82, 2.24) is 10.2 Å². The summed E-state index contributed by atoms with van der Waals surface area (Å²) in [6.07, 6.45) is 1.89. The van der Waals surface area contributed by atoms with E-state index in [1.165, 1.54) is 0 Å². The van der Waals surface area contributed by atoms with Gasteiger partial charge in [-0.05, 0) is 13.0 Å². The maximum Gasteiger partial charge on any atom is 0.230 e. The van der Waals surface area contributed by atoms with E-state index in [2.05, 4.69) is 5.32 Å². The van der Waals surface area contributed by atoms with Gasteiger partial charge in [0, 0.05) is 6.54 Å². The van der Waals surface area contributed by atoms with Gasteiger partial charge in [-0.25, -0.2) is 8.42 Å². The zero-order valence-electron chi connectivity index (χ0n) is 6.33. The summed E-state index contributed by atoms with van der Waals surface area (Å²) in [4.78, 5) is 6.86. The summed E-state index contributed by atoms with van der Waals surface area (Å²) >= 11 is 0. The van der Waals surface area contributed by atoms with Crippen molar-refractivity contribution in [3.63, 3.8) is 0 Å². The highest BCUT2D eigenvalue weighted by Gasteiger charge is 2.16. The van der Waals surface area contributed by atoms with E-state index in [4.69, 9.17) is 4.84 Å². The van der Waals surface area contributed by atoms with E-state index < -0.39 is 10.0 Å². The topological polar surface area (TPSA) is 67.4 Å². The molecule has 66 valence electrons. The van der Waals surface area contributed by atoms with Gasteiger partial charge in [-0.3, -0.25) is 4.84 Å². The minimum Gasteiger partial charge on any atom is -0.314 e. The van der Waals surface area contributed by atoms with Gasteiger partial charge in [0.25, 0.3) is 0 Å². The maximum absolute atomic E-state index is 10.5. The van der Waals surface area contributed by atoms with Gasteiger partial charge in [0.1, 0.15) is 0 Å². The molecule has 11 heavy (non-hydrogen) atoms. The molecule has 2 N–H and O–H groups in total. The van der Waals surface area contributed by atoms with Gasteiger partial charge in [-0.15, -0.1) is 0 Å². The minimum absolute atomic E-state index is 0.0234. The van der Waals surface area contributed by atoms with Gasteiger partial charge in [0.15, 0.2) is 0 Å². The molecule has 0 amide bonds. The molecule has 0 saturated carbocycles. The highest BCUT2D eigenvalue weighted by atomic mass is 32.2. The number of hydrogen-bond donors (Lipinski definition) is 2. The molecule has 0 aromatic rings. The Morgan fingerprint density at radius 1 is 1.64 bits per heavy atom. The molecule has 0 aromatic heterocycles. The summed E-state index contributed by atoms with van der Waals surface area (Å²) in [5.41, 5.74) is 0. The van der Waals surface area contributed by atoms with Gasteiger partial charge in [0.2, 0.25) is 10.0 Å². The molecule has 1 saturated heterocycles. The van der Waals surface area contributed by atoms with Crippen LogP contribution in [0.1, 0.15) is 6.42 Å². The fraction of sp³-hybridized carbons (Fsp3) is 1.00. The van der Waals surface area contributed by atoms with E-state index in [1.807, 2.05) is 4.89 Å². The average Bonchev–Trinajstić information content (AvgIpc) is 2.32. The monoisotopic (exact) mass is 180 g/mol. The quantitative estimate of drug-likeness (QED) is 0.537. The molecule has 0 radical (unpaired) electrons. The second-order valence-electron chi connectivity index (χ2n) is 2.59. The molecule has 1 rings (SSSR count). The summed E-state index contributed by atoms with van der Waals surface area (Å²) in [5, 5.41) is 3.05. The van der Waals surface area contributed by atoms with Crippen LogP contribution in [0.5, 0.6) is 0 Å². The largest absolute Gasteiger partial charge is 0.314 e. The van der Waals surface area contributed by atoms with Crippen molar-refractivity contribution in [2.75, 3.05) is 19.3 Å². The van der Waals surface area contributed by atoms with Gasteiger partial charge >= 0.3 is 0 Å². The molecule has 6 heteroatoms. The van der Waals surface area contributed by atoms with Crippen molar-refractivity contribution in [2.45, 2.75) is 12.5 Å². The smallest absolute Gasteiger partial charge is 0.230 e. The molecule has 1 fully saturated rings. The second-order valence-corrected chi connectivity index (χ2v) is 4.30. The Labute approximate surface area is 66.1 Å². The maximum atomic E-state index is 10.5. The van der Waals surface area contributed by atoms with Crippen LogP contribution in [0.25, 0.3) is 0 Å². The van der Waals surface area contributed by atoms with E-state index in [1.54, 1.807) is 0 Å². The highest BCUT2D eigenvalue weighted by molar-refractivity contribution is 7.88. The first-order valence-electron chi connectivity index (χ1n) is 3.41. The first kappa shape index (κ1) is 8.92. The molecule has 0 aromatic carbocycles. The molecule has 1 aliphatic rings. The van der Waals surface area contributed by atoms with Crippen LogP contribution in [0, 0.1) is 0 Å². The average molecular weight is 180 g/mol. The Morgan fingerprint density at radius 3 is 2.82 bits per heavy atom. The molecular weight excluding hydrogens is 168 g/mol. The van der Waals surface area contributed by atoms with Crippen LogP contribution in [0.2, 0.25) is 0 Å². The van der Waals surface area contributed by atoms with Crippen LogP contribution >= 0.6 is 0 Å². The van der Waals surface area contributed by atoms with Crippen LogP contribution in [-0.4, -0.2) is 33.9 Å². The molecule has 5 nitrogen and oxygen atoms in total. The van der Waals surface area contributed by atoms with Crippen LogP contribution < -0.4 is 10.2 Å². The molecule has 1 unspecified atom stereocenters. The third-order valence-electron chi connectivity index (χ3n) is 1.38. The fourth-order valence-corrected chi connectivity index (χ4v) is 1.20. The minimum atomic E-state index is -3.21. The van der Waals surface area contributed by atoms with Gasteiger partial charge in [-0.1, -0.05) is 4.89 Å². The lowest BCUT2D eigenvalue weighted by Gasteiger charge is -2.08. The van der Waals surface area contributed by atoms with Crippen molar-refractivity contribution in [3.8, 4) is 0 Å². The summed E-state index contributed by atoms with van der Waals surface area (Å²) < 4.78 is 21.1. The number of hydrogen-bond acceptors (Lipinski definition) is 4. The molecule has 0 aliphatic carbocycles. The van der Waals surface area contributed by atoms with Crippen molar-refractivity contribution >= 4 is 10.0 Å². The van der Waals surface area contributed by atoms with E-state index in [0.29, 0.717) is 6.54 Å². The summed E-state index contributed by atoms with van der Waals surface area (Å²) in [5.74, 6) is 0. The zero-order valence-corrected chi connectivity index (χ0v) is 7.15. The Bertz CT molecular complexity index is 208. The third kappa shape index (κ3) is 3.66. The molecule has 1 aliphatic heterocycles. The van der Waals surface area contributed by atoms with Gasteiger partial charge < -0.3 is 5.32 Å². The molecule has 1 atom stereocenters. The zero-order chi connectivity index (χ0) is 8.32. The molecule has 1 heterocycles. The van der Waals surface area contributed by atoms with Crippen LogP contribution in [0.4, 0.5) is 0 Å². The molecule has 0 spiro atoms. The Kier molecular flexibility index (Phi) is 2.83. The van der Waals surface area contributed by atoms with E-state index in [9.17, 15) is 8.42 Å². The normalized spacial score (nSPS) is 25.7. The highest BCUT2D eigenvalue weighted by Crippen LogP contribution is 2.00. The predicted molar refractivity (Wildman–Crippen MR) is 40.3 cm³/mol. The van der Waals surface area contributed by atoms with E-state index in [0.717, 1.165) is 19.2 Å². The Morgan fingerprint density at radius 2 is 2.36 bits per heavy atom. The van der Waals surface area contributed by atoms with Crippen LogP contribution in [0.15, 0.2) is 0 Å². The first-order valence-corrected chi connectivity index (χ1v) is 5.30. The Balaban J connectivity index is 2.22. The number of nitrogens with one attached hydrogen (secondary N) is 2. The lowest BCUT2D eigenvalue weighted by Crippen LogP contribution is -2.29. The standard InChI is InChI=1S/C5H12N2O3S/c1-11(8,9)7-10-5-2-3-6-4-5/h5-7H,2-4H2,1H3. The van der Waals surface area contributed by atoms with Gasteiger partial charge in [-0.2, -0.15) is 0 Å². The summed E-state index contributed by atoms with van der Waals surface area (Å²) in [7, 11) is -3.21. The lowest BCUT2D eigenvalue weighted by atomic mass is 10.3. The van der Waals surface area contributed by atoms with Gasteiger partial charge in [0.05, 0.1) is 12.4 Å². The predicted octanol–water partition coefficient (Wildman–Crippen LogP) is -1.17. The third-order valence-corrected chi connectivity index (χ3v) is 1.78. The lowest BCUT2D eigenvalue weighted by molar-refractivity contribution is 0.0307. The van der Waals surface area contributed by atoms with Crippen molar-refractivity contribution in [2.24, 2.45) is 0 Å². The van der Waals surface area contributed by atoms with Crippen molar-refractivity contribution < 1.29 is 13.3 Å². The SMILES string of the molecule is CS(=O)(=O)NOC1CCNC1. The van der Waals surface area contributed by atoms with Crippen LogP contribution in [0.3, 0.4) is 0 Å². The van der Waals surface area contributed by atoms with Crippen LogP contribution in [-0.2, 0) is 14.9 Å². The van der Waals surface area contributed by atoms with E-state index >= 15 is 0 Å². The second kappa shape index (κ2) is 3.48. The fourth-order valence-electron chi connectivity index (χ4n) is 0.884. The molecular formula is C5H12N2O3S. The molecule has 0 bridgehead atoms. The van der Waals surface area contributed by atoms with Crippen molar-refractivity contribution in [3.05, 3.63) is 0 Å². The number of rotatable bonds is 3. The summed E-state index contributed by atoms with van der Waals surface area (Å²) in [6.45, 7) is 1.60. The number of sulfonamides is 1. The van der Waals surface area contributed by atoms with Crippen molar-refractivity contribution in [1.29, 1.82) is 0 Å². The van der Waals surface area contributed by atoms with E-state index in [-0.39, 0.29) is 6.10 Å². The Hall–Kier alpha value is -0.170. The first-order chi connectivity index (χ1) is 5.08.